The van der Waals surface area contributed by atoms with Crippen LogP contribution in [0.3, 0.4) is 0 Å². The quantitative estimate of drug-likeness (QED) is 0.334. The molecule has 0 unspecified atom stereocenters. The van der Waals surface area contributed by atoms with Crippen LogP contribution in [0.15, 0.2) is 40.3 Å². The Morgan fingerprint density at radius 3 is 2.68 bits per heavy atom. The lowest BCUT2D eigenvalue weighted by molar-refractivity contribution is -0.404. The first-order valence-electron chi connectivity index (χ1n) is 10.6. The van der Waals surface area contributed by atoms with Crippen LogP contribution < -0.4 is 15.9 Å². The third-order valence-electron chi connectivity index (χ3n) is 5.61. The van der Waals surface area contributed by atoms with Crippen molar-refractivity contribution in [3.63, 3.8) is 0 Å². The summed E-state index contributed by atoms with van der Waals surface area (Å²) in [6.45, 7) is 10.3. The first-order valence-corrected chi connectivity index (χ1v) is 12.4. The highest BCUT2D eigenvalue weighted by Crippen LogP contribution is 2.33. The highest BCUT2D eigenvalue weighted by atomic mass is 32.2. The molecule has 0 spiro atoms. The van der Waals surface area contributed by atoms with Crippen molar-refractivity contribution in [3.8, 4) is 0 Å². The van der Waals surface area contributed by atoms with Gasteiger partial charge < -0.3 is 5.32 Å². The van der Waals surface area contributed by atoms with Crippen LogP contribution in [0.25, 0.3) is 10.2 Å². The fourth-order valence-electron chi connectivity index (χ4n) is 4.12. The third kappa shape index (κ3) is 4.48. The number of nitrogens with zero attached hydrogens (tertiary/aromatic N) is 1. The van der Waals surface area contributed by atoms with Gasteiger partial charge in [-0.2, -0.15) is 4.57 Å². The van der Waals surface area contributed by atoms with Crippen molar-refractivity contribution < 1.29 is 9.78 Å². The number of allylic oxidation sites excluding steroid dienone is 1. The number of aryl methyl sites for hydroxylation is 4. The molecule has 2 heterocycles. The molecule has 162 valence electrons. The average Bonchev–Trinajstić information content (AvgIpc) is 3.10. The molecule has 0 atom stereocenters. The maximum absolute atomic E-state index is 13.4. The van der Waals surface area contributed by atoms with Crippen LogP contribution in [-0.2, 0) is 24.2 Å². The predicted octanol–water partition coefficient (Wildman–Crippen LogP) is 4.68. The van der Waals surface area contributed by atoms with Gasteiger partial charge in [0.2, 0.25) is 5.91 Å². The zero-order valence-corrected chi connectivity index (χ0v) is 19.9. The number of thiophene rings is 1. The van der Waals surface area contributed by atoms with E-state index in [2.05, 4.69) is 16.9 Å². The minimum absolute atomic E-state index is 0.0220. The van der Waals surface area contributed by atoms with Gasteiger partial charge in [0.25, 0.3) is 0 Å². The summed E-state index contributed by atoms with van der Waals surface area (Å²) in [6, 6.07) is 5.96. The number of aromatic nitrogens is 2. The Morgan fingerprint density at radius 2 is 1.97 bits per heavy atom. The number of thioether (sulfide) groups is 1. The van der Waals surface area contributed by atoms with Crippen molar-refractivity contribution >= 4 is 44.9 Å². The molecule has 1 aliphatic carbocycles. The van der Waals surface area contributed by atoms with Crippen LogP contribution in [-0.4, -0.2) is 16.2 Å². The lowest BCUT2D eigenvalue weighted by Gasteiger charge is -2.11. The standard InChI is InChI=1S/C24H27N3O2S2/c1-14(2)12-27-23(29)20-17-10-5-6-11-18(17)31-22(20)26-24(27)30-13-19(28)25-21-15(3)8-7-9-16(21)4/h7-9H,1,5-6,10-13H2,2-4H3,(H,25,28)/p+1. The molecule has 4 rings (SSSR count). The van der Waals surface area contributed by atoms with E-state index >= 15 is 0 Å². The Hall–Kier alpha value is -2.38. The summed E-state index contributed by atoms with van der Waals surface area (Å²) in [5.74, 6) is 0.131. The van der Waals surface area contributed by atoms with Crippen molar-refractivity contribution in [2.75, 3.05) is 11.1 Å². The van der Waals surface area contributed by atoms with Gasteiger partial charge in [-0.1, -0.05) is 36.1 Å². The summed E-state index contributed by atoms with van der Waals surface area (Å²) in [5.41, 5.74) is 5.07. The molecule has 0 radical (unpaired) electrons. The summed E-state index contributed by atoms with van der Waals surface area (Å²) in [6.07, 6.45) is 4.33. The number of rotatable bonds is 6. The first kappa shape index (κ1) is 21.8. The Bertz CT molecular complexity index is 1220. The maximum atomic E-state index is 13.4. The number of aromatic amines is 1. The predicted molar refractivity (Wildman–Crippen MR) is 129 cm³/mol. The lowest BCUT2D eigenvalue weighted by Crippen LogP contribution is -2.31. The second-order valence-electron chi connectivity index (χ2n) is 8.30. The monoisotopic (exact) mass is 454 g/mol. The van der Waals surface area contributed by atoms with Crippen molar-refractivity contribution in [1.29, 1.82) is 0 Å². The molecular formula is C24H28N3O2S2+. The SMILES string of the molecule is C=C(C)Cn1c(SCC(=O)Nc2c(C)cccc2C)[nH+]c2sc3c(c2c1=O)CCCC3. The number of benzene rings is 1. The van der Waals surface area contributed by atoms with Gasteiger partial charge in [0.1, 0.15) is 11.9 Å². The smallest absolute Gasteiger partial charge is 0.325 e. The van der Waals surface area contributed by atoms with Crippen LogP contribution in [0.1, 0.15) is 41.3 Å². The molecule has 2 aromatic heterocycles. The van der Waals surface area contributed by atoms with E-state index in [4.69, 9.17) is 0 Å². The number of H-pyrrole nitrogens is 1. The minimum atomic E-state index is -0.0873. The molecule has 3 aromatic rings. The molecule has 0 fully saturated rings. The summed E-state index contributed by atoms with van der Waals surface area (Å²) in [4.78, 5) is 31.8. The second kappa shape index (κ2) is 9.01. The number of fused-ring (bicyclic) bond motifs is 3. The van der Waals surface area contributed by atoms with E-state index in [0.29, 0.717) is 11.7 Å². The minimum Gasteiger partial charge on any atom is -0.325 e. The Balaban J connectivity index is 1.64. The van der Waals surface area contributed by atoms with E-state index in [-0.39, 0.29) is 17.2 Å². The molecule has 31 heavy (non-hydrogen) atoms. The number of hydrogen-bond acceptors (Lipinski definition) is 4. The Morgan fingerprint density at radius 1 is 1.26 bits per heavy atom. The van der Waals surface area contributed by atoms with Gasteiger partial charge in [0.15, 0.2) is 4.83 Å². The average molecular weight is 455 g/mol. The van der Waals surface area contributed by atoms with Crippen molar-refractivity contribution in [3.05, 3.63) is 62.3 Å². The van der Waals surface area contributed by atoms with Crippen LogP contribution in [0, 0.1) is 13.8 Å². The highest BCUT2D eigenvalue weighted by molar-refractivity contribution is 7.99. The van der Waals surface area contributed by atoms with Crippen LogP contribution in [0.5, 0.6) is 0 Å². The normalized spacial score (nSPS) is 13.3. The molecule has 1 aliphatic rings. The molecular weight excluding hydrogens is 426 g/mol. The molecule has 1 amide bonds. The molecule has 0 bridgehead atoms. The number of para-hydroxylation sites is 1. The number of anilines is 1. The summed E-state index contributed by atoms with van der Waals surface area (Å²) >= 11 is 3.06. The van der Waals surface area contributed by atoms with Crippen LogP contribution >= 0.6 is 23.1 Å². The largest absolute Gasteiger partial charge is 0.347 e. The number of nitrogens with one attached hydrogen (secondary N) is 2. The van der Waals surface area contributed by atoms with Gasteiger partial charge in [0, 0.05) is 10.6 Å². The van der Waals surface area contributed by atoms with Gasteiger partial charge >= 0.3 is 10.7 Å². The van der Waals surface area contributed by atoms with E-state index < -0.39 is 0 Å². The third-order valence-corrected chi connectivity index (χ3v) is 7.82. The Labute approximate surface area is 190 Å². The molecule has 0 saturated carbocycles. The van der Waals surface area contributed by atoms with E-state index in [1.807, 2.05) is 39.0 Å². The van der Waals surface area contributed by atoms with Crippen molar-refractivity contribution in [1.82, 2.24) is 4.57 Å². The fraction of sp³-hybridized carbons (Fsp3) is 0.375. The van der Waals surface area contributed by atoms with Gasteiger partial charge in [0.05, 0.1) is 5.75 Å². The van der Waals surface area contributed by atoms with Crippen molar-refractivity contribution in [2.24, 2.45) is 0 Å². The summed E-state index contributed by atoms with van der Waals surface area (Å²) in [7, 11) is 0. The molecule has 7 heteroatoms. The van der Waals surface area contributed by atoms with Gasteiger partial charge in [-0.05, 0) is 80.5 Å². The number of amides is 1. The van der Waals surface area contributed by atoms with E-state index in [1.54, 1.807) is 15.9 Å². The molecule has 1 aromatic carbocycles. The summed E-state index contributed by atoms with van der Waals surface area (Å²) < 4.78 is 1.74. The molecule has 0 aliphatic heterocycles. The molecule has 5 nitrogen and oxygen atoms in total. The number of carbonyl (C=O) groups is 1. The zero-order valence-electron chi connectivity index (χ0n) is 18.3. The number of carbonyl (C=O) groups excluding carboxylic acids is 1. The van der Waals surface area contributed by atoms with E-state index in [1.165, 1.54) is 28.6 Å². The first-order chi connectivity index (χ1) is 14.8. The summed E-state index contributed by atoms with van der Waals surface area (Å²) in [5, 5.41) is 4.55. The number of hydrogen-bond donors (Lipinski definition) is 1. The van der Waals surface area contributed by atoms with E-state index in [0.717, 1.165) is 51.9 Å². The highest BCUT2D eigenvalue weighted by Gasteiger charge is 2.27. The van der Waals surface area contributed by atoms with Crippen molar-refractivity contribution in [2.45, 2.75) is 58.2 Å². The van der Waals surface area contributed by atoms with Gasteiger partial charge in [-0.15, -0.1) is 0 Å². The van der Waals surface area contributed by atoms with Crippen LogP contribution in [0.4, 0.5) is 5.69 Å². The molecule has 2 N–H and O–H groups in total. The van der Waals surface area contributed by atoms with Gasteiger partial charge in [-0.25, -0.2) is 9.78 Å². The topological polar surface area (TPSA) is 65.2 Å². The lowest BCUT2D eigenvalue weighted by atomic mass is 9.97. The van der Waals surface area contributed by atoms with Gasteiger partial charge in [-0.3, -0.25) is 4.79 Å². The van der Waals surface area contributed by atoms with E-state index in [9.17, 15) is 9.59 Å². The Kier molecular flexibility index (Phi) is 6.34. The second-order valence-corrected chi connectivity index (χ2v) is 10.4. The maximum Gasteiger partial charge on any atom is 0.347 e. The zero-order chi connectivity index (χ0) is 22.1. The molecule has 0 saturated heterocycles. The van der Waals surface area contributed by atoms with Crippen LogP contribution in [0.2, 0.25) is 0 Å². The fourth-order valence-corrected chi connectivity index (χ4v) is 6.28.